The maximum absolute atomic E-state index is 12.7. The van der Waals surface area contributed by atoms with Gasteiger partial charge in [-0.2, -0.15) is 0 Å². The van der Waals surface area contributed by atoms with Crippen molar-refractivity contribution in [3.63, 3.8) is 0 Å². The van der Waals surface area contributed by atoms with E-state index in [-0.39, 0.29) is 11.5 Å². The normalized spacial score (nSPS) is 10.7. The summed E-state index contributed by atoms with van der Waals surface area (Å²) in [6.45, 7) is 2.82. The Bertz CT molecular complexity index is 1270. The number of anilines is 1. The third-order valence-corrected chi connectivity index (χ3v) is 5.11. The molecule has 156 valence electrons. The first-order valence-electron chi connectivity index (χ1n) is 10.2. The van der Waals surface area contributed by atoms with E-state index < -0.39 is 0 Å². The minimum Gasteiger partial charge on any atom is -0.379 e. The van der Waals surface area contributed by atoms with Gasteiger partial charge in [-0.05, 0) is 42.7 Å². The Morgan fingerprint density at radius 1 is 1.00 bits per heavy atom. The molecule has 0 fully saturated rings. The number of amides is 1. The Kier molecular flexibility index (Phi) is 6.08. The molecule has 2 aromatic carbocycles. The maximum atomic E-state index is 12.7. The van der Waals surface area contributed by atoms with E-state index in [0.29, 0.717) is 35.7 Å². The fourth-order valence-electron chi connectivity index (χ4n) is 3.48. The first-order valence-corrected chi connectivity index (χ1v) is 10.2. The molecule has 1 amide bonds. The molecule has 0 aliphatic heterocycles. The highest BCUT2D eigenvalue weighted by Crippen LogP contribution is 2.16. The van der Waals surface area contributed by atoms with Gasteiger partial charge in [0.15, 0.2) is 0 Å². The van der Waals surface area contributed by atoms with Gasteiger partial charge in [0, 0.05) is 24.5 Å². The second-order valence-electron chi connectivity index (χ2n) is 7.36. The molecule has 31 heavy (non-hydrogen) atoms. The van der Waals surface area contributed by atoms with E-state index in [1.54, 1.807) is 12.3 Å². The van der Waals surface area contributed by atoms with E-state index in [4.69, 9.17) is 0 Å². The molecule has 4 rings (SSSR count). The van der Waals surface area contributed by atoms with Crippen molar-refractivity contribution in [2.24, 2.45) is 0 Å². The zero-order chi connectivity index (χ0) is 21.6. The lowest BCUT2D eigenvalue weighted by molar-refractivity contribution is 0.0955. The first kappa shape index (κ1) is 20.3. The minimum atomic E-state index is -0.138. The van der Waals surface area contributed by atoms with Gasteiger partial charge >= 0.3 is 0 Å². The van der Waals surface area contributed by atoms with Gasteiger partial charge in [0.25, 0.3) is 11.5 Å². The summed E-state index contributed by atoms with van der Waals surface area (Å²) in [5.41, 5.74) is 4.50. The third kappa shape index (κ3) is 4.80. The lowest BCUT2D eigenvalue weighted by atomic mass is 10.1. The first-order chi connectivity index (χ1) is 15.1. The van der Waals surface area contributed by atoms with Crippen molar-refractivity contribution in [3.8, 4) is 0 Å². The van der Waals surface area contributed by atoms with Crippen LogP contribution in [0.3, 0.4) is 0 Å². The van der Waals surface area contributed by atoms with Gasteiger partial charge in [0.1, 0.15) is 5.65 Å². The van der Waals surface area contributed by atoms with Gasteiger partial charge in [0.2, 0.25) is 0 Å². The number of aromatic nitrogens is 2. The van der Waals surface area contributed by atoms with Crippen molar-refractivity contribution in [1.29, 1.82) is 0 Å². The lowest BCUT2D eigenvalue weighted by Crippen LogP contribution is -2.26. The molecule has 2 heterocycles. The predicted molar refractivity (Wildman–Crippen MR) is 122 cm³/mol. The molecule has 4 aromatic rings. The predicted octanol–water partition coefficient (Wildman–Crippen LogP) is 3.59. The molecule has 6 nitrogen and oxygen atoms in total. The molecule has 0 unspecified atom stereocenters. The Morgan fingerprint density at radius 3 is 2.61 bits per heavy atom. The van der Waals surface area contributed by atoms with Crippen molar-refractivity contribution in [3.05, 3.63) is 112 Å². The van der Waals surface area contributed by atoms with Gasteiger partial charge in [0.05, 0.1) is 17.8 Å². The fourth-order valence-corrected chi connectivity index (χ4v) is 3.48. The van der Waals surface area contributed by atoms with Gasteiger partial charge in [-0.15, -0.1) is 0 Å². The molecular formula is C25H24N4O2. The molecule has 0 radical (unpaired) electrons. The van der Waals surface area contributed by atoms with E-state index in [9.17, 15) is 9.59 Å². The second-order valence-corrected chi connectivity index (χ2v) is 7.36. The Labute approximate surface area is 180 Å². The molecule has 2 N–H and O–H groups in total. The average Bonchev–Trinajstić information content (AvgIpc) is 2.79. The number of nitrogens with one attached hydrogen (secondary N) is 2. The second kappa shape index (κ2) is 9.26. The quantitative estimate of drug-likeness (QED) is 0.486. The van der Waals surface area contributed by atoms with E-state index in [0.717, 1.165) is 12.0 Å². The summed E-state index contributed by atoms with van der Waals surface area (Å²) < 4.78 is 1.53. The summed E-state index contributed by atoms with van der Waals surface area (Å²) in [6.07, 6.45) is 2.48. The number of carbonyl (C=O) groups is 1. The molecule has 6 heteroatoms. The van der Waals surface area contributed by atoms with Crippen LogP contribution < -0.4 is 16.2 Å². The van der Waals surface area contributed by atoms with Gasteiger partial charge < -0.3 is 10.6 Å². The topological polar surface area (TPSA) is 75.5 Å². The van der Waals surface area contributed by atoms with Crippen LogP contribution in [0.2, 0.25) is 0 Å². The standard InChI is InChI=1S/C25H24N4O2/c1-18-8-7-15-29-23(30)16-20(28-24(18)29)17-27-22-12-6-5-11-21(22)25(31)26-14-13-19-9-3-2-4-10-19/h2-12,15-16,27H,13-14,17H2,1H3,(H,26,31). The number of carbonyl (C=O) groups excluding carboxylic acids is 1. The van der Waals surface area contributed by atoms with E-state index in [1.165, 1.54) is 16.0 Å². The Morgan fingerprint density at radius 2 is 1.77 bits per heavy atom. The van der Waals surface area contributed by atoms with Crippen LogP contribution in [0.5, 0.6) is 0 Å². The van der Waals surface area contributed by atoms with Crippen LogP contribution in [0.4, 0.5) is 5.69 Å². The zero-order valence-electron chi connectivity index (χ0n) is 17.3. The minimum absolute atomic E-state index is 0.127. The zero-order valence-corrected chi connectivity index (χ0v) is 17.3. The third-order valence-electron chi connectivity index (χ3n) is 5.11. The largest absolute Gasteiger partial charge is 0.379 e. The van der Waals surface area contributed by atoms with Crippen LogP contribution in [0, 0.1) is 6.92 Å². The number of para-hydroxylation sites is 1. The number of fused-ring (bicyclic) bond motifs is 1. The van der Waals surface area contributed by atoms with Gasteiger partial charge in [-0.25, -0.2) is 4.98 Å². The van der Waals surface area contributed by atoms with Crippen molar-refractivity contribution in [2.75, 3.05) is 11.9 Å². The van der Waals surface area contributed by atoms with E-state index in [2.05, 4.69) is 15.6 Å². The van der Waals surface area contributed by atoms with Crippen molar-refractivity contribution in [1.82, 2.24) is 14.7 Å². The molecule has 2 aromatic heterocycles. The monoisotopic (exact) mass is 412 g/mol. The molecule has 0 saturated carbocycles. The summed E-state index contributed by atoms with van der Waals surface area (Å²) in [5.74, 6) is -0.138. The molecule has 0 aliphatic rings. The lowest BCUT2D eigenvalue weighted by Gasteiger charge is -2.13. The smallest absolute Gasteiger partial charge is 0.258 e. The highest BCUT2D eigenvalue weighted by Gasteiger charge is 2.11. The molecule has 0 aliphatic carbocycles. The molecular weight excluding hydrogens is 388 g/mol. The van der Waals surface area contributed by atoms with Crippen molar-refractivity contribution >= 4 is 17.2 Å². The number of hydrogen-bond donors (Lipinski definition) is 2. The van der Waals surface area contributed by atoms with Crippen molar-refractivity contribution in [2.45, 2.75) is 19.9 Å². The summed E-state index contributed by atoms with van der Waals surface area (Å²) in [6, 6.07) is 22.7. The molecule has 0 spiro atoms. The summed E-state index contributed by atoms with van der Waals surface area (Å²) in [5, 5.41) is 6.24. The average molecular weight is 412 g/mol. The number of rotatable bonds is 7. The number of benzene rings is 2. The molecule has 0 saturated heterocycles. The summed E-state index contributed by atoms with van der Waals surface area (Å²) in [4.78, 5) is 29.7. The summed E-state index contributed by atoms with van der Waals surface area (Å²) in [7, 11) is 0. The van der Waals surface area contributed by atoms with Crippen LogP contribution >= 0.6 is 0 Å². The number of nitrogens with zero attached hydrogens (tertiary/aromatic N) is 2. The van der Waals surface area contributed by atoms with E-state index >= 15 is 0 Å². The number of pyridine rings is 1. The molecule has 0 atom stereocenters. The maximum Gasteiger partial charge on any atom is 0.258 e. The highest BCUT2D eigenvalue weighted by atomic mass is 16.1. The Balaban J connectivity index is 1.45. The van der Waals surface area contributed by atoms with E-state index in [1.807, 2.05) is 67.6 Å². The van der Waals surface area contributed by atoms with Crippen LogP contribution in [0.15, 0.2) is 83.8 Å². The van der Waals surface area contributed by atoms with Gasteiger partial charge in [-0.1, -0.05) is 48.5 Å². The summed E-state index contributed by atoms with van der Waals surface area (Å²) >= 11 is 0. The Hall–Kier alpha value is -3.93. The van der Waals surface area contributed by atoms with Crippen LogP contribution in [-0.2, 0) is 13.0 Å². The number of hydrogen-bond acceptors (Lipinski definition) is 4. The van der Waals surface area contributed by atoms with Crippen molar-refractivity contribution < 1.29 is 4.79 Å². The SMILES string of the molecule is Cc1cccn2c(=O)cc(CNc3ccccc3C(=O)NCCc3ccccc3)nc12. The van der Waals surface area contributed by atoms with Gasteiger partial charge in [-0.3, -0.25) is 14.0 Å². The van der Waals surface area contributed by atoms with Crippen LogP contribution in [-0.4, -0.2) is 21.8 Å². The van der Waals surface area contributed by atoms with Crippen LogP contribution in [0.25, 0.3) is 5.65 Å². The van der Waals surface area contributed by atoms with Crippen LogP contribution in [0.1, 0.15) is 27.2 Å². The fraction of sp³-hybridized carbons (Fsp3) is 0.160. The number of aryl methyl sites for hydroxylation is 1. The highest BCUT2D eigenvalue weighted by molar-refractivity contribution is 5.99. The molecule has 0 bridgehead atoms.